The third kappa shape index (κ3) is 3.87. The quantitative estimate of drug-likeness (QED) is 0.840. The molecule has 0 unspecified atom stereocenters. The number of rotatable bonds is 6. The van der Waals surface area contributed by atoms with Gasteiger partial charge in [-0.15, -0.1) is 0 Å². The summed E-state index contributed by atoms with van der Waals surface area (Å²) >= 11 is 0. The van der Waals surface area contributed by atoms with Gasteiger partial charge in [0.15, 0.2) is 0 Å². The number of phenols is 1. The van der Waals surface area contributed by atoms with Gasteiger partial charge in [0.05, 0.1) is 13.7 Å². The number of aliphatic hydroxyl groups excluding tert-OH is 1. The topological polar surface area (TPSA) is 52.9 Å². The van der Waals surface area contributed by atoms with Crippen LogP contribution >= 0.6 is 0 Å². The van der Waals surface area contributed by atoms with Crippen molar-refractivity contribution >= 4 is 0 Å². The molecule has 0 atom stereocenters. The minimum Gasteiger partial charge on any atom is -0.508 e. The number of methoxy groups -OCH3 is 1. The smallest absolute Gasteiger partial charge is 0.120 e. The molecule has 0 aliphatic heterocycles. The van der Waals surface area contributed by atoms with Crippen LogP contribution in [0.4, 0.5) is 0 Å². The third-order valence-electron chi connectivity index (χ3n) is 4.14. The highest BCUT2D eigenvalue weighted by molar-refractivity contribution is 5.39. The molecular weight excluding hydrogens is 254 g/mol. The Balaban J connectivity index is 2.10. The first-order valence-corrected chi connectivity index (χ1v) is 7.45. The zero-order chi connectivity index (χ0) is 14.4. The maximum Gasteiger partial charge on any atom is 0.120 e. The van der Waals surface area contributed by atoms with Gasteiger partial charge >= 0.3 is 0 Å². The van der Waals surface area contributed by atoms with E-state index >= 15 is 0 Å². The van der Waals surface area contributed by atoms with E-state index in [-0.39, 0.29) is 6.61 Å². The van der Waals surface area contributed by atoms with Gasteiger partial charge in [0.25, 0.3) is 0 Å². The van der Waals surface area contributed by atoms with Crippen molar-refractivity contribution in [1.82, 2.24) is 4.90 Å². The van der Waals surface area contributed by atoms with Gasteiger partial charge in [-0.25, -0.2) is 0 Å². The van der Waals surface area contributed by atoms with E-state index in [1.807, 2.05) is 6.07 Å². The molecule has 4 heteroatoms. The van der Waals surface area contributed by atoms with Crippen molar-refractivity contribution < 1.29 is 14.9 Å². The molecule has 0 bridgehead atoms. The summed E-state index contributed by atoms with van der Waals surface area (Å²) in [6, 6.07) is 5.83. The Morgan fingerprint density at radius 1 is 1.25 bits per heavy atom. The zero-order valence-electron chi connectivity index (χ0n) is 12.2. The number of nitrogens with zero attached hydrogens (tertiary/aromatic N) is 1. The maximum atomic E-state index is 10.0. The lowest BCUT2D eigenvalue weighted by atomic mass is 9.94. The Morgan fingerprint density at radius 2 is 2.00 bits per heavy atom. The summed E-state index contributed by atoms with van der Waals surface area (Å²) in [5, 5.41) is 19.3. The summed E-state index contributed by atoms with van der Waals surface area (Å²) < 4.78 is 5.22. The first kappa shape index (κ1) is 15.1. The lowest BCUT2D eigenvalue weighted by molar-refractivity contribution is 0.116. The standard InChI is InChI=1S/C16H25NO3/c1-20-15-7-8-16(19)13(11-15)12-17(9-10-18)14-5-3-2-4-6-14/h7-8,11,14,18-19H,2-6,9-10,12H2,1H3. The van der Waals surface area contributed by atoms with Crippen LogP contribution in [0.15, 0.2) is 18.2 Å². The monoisotopic (exact) mass is 279 g/mol. The van der Waals surface area contributed by atoms with Crippen LogP contribution in [0.5, 0.6) is 11.5 Å². The van der Waals surface area contributed by atoms with E-state index in [1.165, 1.54) is 32.1 Å². The van der Waals surface area contributed by atoms with E-state index in [1.54, 1.807) is 19.2 Å². The number of aromatic hydroxyl groups is 1. The molecule has 1 aromatic rings. The Bertz CT molecular complexity index is 416. The Hall–Kier alpha value is -1.26. The summed E-state index contributed by atoms with van der Waals surface area (Å²) in [6.07, 6.45) is 6.21. The van der Waals surface area contributed by atoms with Gasteiger partial charge in [-0.05, 0) is 31.0 Å². The molecule has 4 nitrogen and oxygen atoms in total. The van der Waals surface area contributed by atoms with Gasteiger partial charge in [-0.1, -0.05) is 19.3 Å². The molecule has 1 fully saturated rings. The maximum absolute atomic E-state index is 10.0. The molecule has 112 valence electrons. The Labute approximate surface area is 121 Å². The van der Waals surface area contributed by atoms with Crippen LogP contribution in [0.1, 0.15) is 37.7 Å². The average Bonchev–Trinajstić information content (AvgIpc) is 2.49. The number of hydrogen-bond donors (Lipinski definition) is 2. The fraction of sp³-hybridized carbons (Fsp3) is 0.625. The Kier molecular flexibility index (Phi) is 5.68. The lowest BCUT2D eigenvalue weighted by Crippen LogP contribution is -2.38. The van der Waals surface area contributed by atoms with Crippen LogP contribution in [0.2, 0.25) is 0 Å². The second-order valence-electron chi connectivity index (χ2n) is 5.48. The number of hydrogen-bond acceptors (Lipinski definition) is 4. The minimum absolute atomic E-state index is 0.154. The van der Waals surface area contributed by atoms with Crippen LogP contribution in [-0.2, 0) is 6.54 Å². The summed E-state index contributed by atoms with van der Waals surface area (Å²) in [5.41, 5.74) is 0.864. The predicted molar refractivity (Wildman–Crippen MR) is 79.0 cm³/mol. The fourth-order valence-corrected chi connectivity index (χ4v) is 3.00. The van der Waals surface area contributed by atoms with Gasteiger partial charge in [-0.2, -0.15) is 0 Å². The van der Waals surface area contributed by atoms with E-state index in [2.05, 4.69) is 4.90 Å². The van der Waals surface area contributed by atoms with Gasteiger partial charge in [-0.3, -0.25) is 4.90 Å². The van der Waals surface area contributed by atoms with E-state index < -0.39 is 0 Å². The minimum atomic E-state index is 0.154. The lowest BCUT2D eigenvalue weighted by Gasteiger charge is -2.34. The molecule has 1 aliphatic rings. The van der Waals surface area contributed by atoms with E-state index in [4.69, 9.17) is 4.74 Å². The van der Waals surface area contributed by atoms with Gasteiger partial charge in [0, 0.05) is 24.7 Å². The Morgan fingerprint density at radius 3 is 2.65 bits per heavy atom. The fourth-order valence-electron chi connectivity index (χ4n) is 3.00. The van der Waals surface area contributed by atoms with E-state index in [0.29, 0.717) is 24.9 Å². The molecule has 0 amide bonds. The molecule has 2 N–H and O–H groups in total. The van der Waals surface area contributed by atoms with Crippen molar-refractivity contribution in [3.63, 3.8) is 0 Å². The van der Waals surface area contributed by atoms with Crippen molar-refractivity contribution in [3.05, 3.63) is 23.8 Å². The number of phenolic OH excluding ortho intramolecular Hbond substituents is 1. The van der Waals surface area contributed by atoms with Crippen LogP contribution in [-0.4, -0.2) is 41.4 Å². The molecule has 2 rings (SSSR count). The second kappa shape index (κ2) is 7.50. The highest BCUT2D eigenvalue weighted by atomic mass is 16.5. The molecule has 0 saturated heterocycles. The summed E-state index contributed by atoms with van der Waals surface area (Å²) in [5.74, 6) is 1.05. The zero-order valence-corrected chi connectivity index (χ0v) is 12.2. The number of benzene rings is 1. The molecule has 0 spiro atoms. The van der Waals surface area contributed by atoms with Crippen molar-refractivity contribution in [3.8, 4) is 11.5 Å². The molecule has 0 radical (unpaired) electrons. The van der Waals surface area contributed by atoms with Crippen molar-refractivity contribution in [2.75, 3.05) is 20.3 Å². The van der Waals surface area contributed by atoms with Gasteiger partial charge in [0.1, 0.15) is 11.5 Å². The van der Waals surface area contributed by atoms with Crippen molar-refractivity contribution in [2.24, 2.45) is 0 Å². The largest absolute Gasteiger partial charge is 0.508 e. The summed E-state index contributed by atoms with van der Waals surface area (Å²) in [4.78, 5) is 2.29. The van der Waals surface area contributed by atoms with Gasteiger partial charge in [0.2, 0.25) is 0 Å². The number of aliphatic hydroxyl groups is 1. The SMILES string of the molecule is COc1ccc(O)c(CN(CCO)C2CCCCC2)c1. The summed E-state index contributed by atoms with van der Waals surface area (Å²) in [6.45, 7) is 1.47. The van der Waals surface area contributed by atoms with Crippen molar-refractivity contribution in [2.45, 2.75) is 44.7 Å². The highest BCUT2D eigenvalue weighted by Crippen LogP contribution is 2.28. The van der Waals surface area contributed by atoms with Crippen LogP contribution in [0.25, 0.3) is 0 Å². The van der Waals surface area contributed by atoms with E-state index in [9.17, 15) is 10.2 Å². The first-order chi connectivity index (χ1) is 9.74. The van der Waals surface area contributed by atoms with Crippen molar-refractivity contribution in [1.29, 1.82) is 0 Å². The van der Waals surface area contributed by atoms with E-state index in [0.717, 1.165) is 11.3 Å². The highest BCUT2D eigenvalue weighted by Gasteiger charge is 2.21. The second-order valence-corrected chi connectivity index (χ2v) is 5.48. The molecule has 0 aromatic heterocycles. The molecule has 1 aromatic carbocycles. The van der Waals surface area contributed by atoms with Crippen LogP contribution in [0.3, 0.4) is 0 Å². The van der Waals surface area contributed by atoms with Gasteiger partial charge < -0.3 is 14.9 Å². The van der Waals surface area contributed by atoms with Crippen LogP contribution in [0, 0.1) is 0 Å². The molecule has 1 aliphatic carbocycles. The molecule has 1 saturated carbocycles. The molecule has 20 heavy (non-hydrogen) atoms. The normalized spacial score (nSPS) is 16.6. The van der Waals surface area contributed by atoms with Crippen LogP contribution < -0.4 is 4.74 Å². The summed E-state index contributed by atoms with van der Waals surface area (Å²) in [7, 11) is 1.63. The third-order valence-corrected chi connectivity index (χ3v) is 4.14. The molecular formula is C16H25NO3. The molecule has 0 heterocycles. The number of ether oxygens (including phenoxy) is 1. The predicted octanol–water partition coefficient (Wildman–Crippen LogP) is 2.53. The average molecular weight is 279 g/mol. The first-order valence-electron chi connectivity index (χ1n) is 7.45.